The van der Waals surface area contributed by atoms with Crippen LogP contribution in [0.3, 0.4) is 0 Å². The van der Waals surface area contributed by atoms with Crippen molar-refractivity contribution in [2.24, 2.45) is 10.8 Å². The molecule has 15 heavy (non-hydrogen) atoms. The summed E-state index contributed by atoms with van der Waals surface area (Å²) in [5, 5.41) is 16.5. The Bertz CT molecular complexity index is 402. The summed E-state index contributed by atoms with van der Waals surface area (Å²) in [6.07, 6.45) is 3.44. The molecule has 4 N–H and O–H groups in total. The third-order valence-electron chi connectivity index (χ3n) is 1.79. The smallest absolute Gasteiger partial charge is 0.225 e. The summed E-state index contributed by atoms with van der Waals surface area (Å²) in [5.74, 6) is 0.214. The number of hydrazone groups is 1. The van der Waals surface area contributed by atoms with Gasteiger partial charge in [-0.25, -0.2) is 0 Å². The highest BCUT2D eigenvalue weighted by molar-refractivity contribution is 8.13. The zero-order valence-corrected chi connectivity index (χ0v) is 9.51. The van der Waals surface area contributed by atoms with Gasteiger partial charge in [-0.2, -0.15) is 0 Å². The van der Waals surface area contributed by atoms with Gasteiger partial charge in [-0.15, -0.1) is 5.10 Å². The van der Waals surface area contributed by atoms with Crippen LogP contribution < -0.4 is 10.8 Å². The summed E-state index contributed by atoms with van der Waals surface area (Å²) < 4.78 is 0. The maximum absolute atomic E-state index is 9.50. The molecule has 1 aromatic carbocycles. The van der Waals surface area contributed by atoms with Gasteiger partial charge in [-0.1, -0.05) is 23.4 Å². The Labute approximate surface area is 92.9 Å². The van der Waals surface area contributed by atoms with Gasteiger partial charge in [0.25, 0.3) is 0 Å². The Kier molecular flexibility index (Phi) is 4.17. The van der Waals surface area contributed by atoms with E-state index in [1.165, 1.54) is 11.8 Å². The largest absolute Gasteiger partial charge is 0.507 e. The maximum atomic E-state index is 9.50. The van der Waals surface area contributed by atoms with Crippen LogP contribution in [0.25, 0.3) is 0 Å². The molecule has 0 atom stereocenters. The number of benzene rings is 1. The highest BCUT2D eigenvalue weighted by Gasteiger charge is 2.00. The van der Waals surface area contributed by atoms with Crippen molar-refractivity contribution in [1.82, 2.24) is 0 Å². The summed E-state index contributed by atoms with van der Waals surface area (Å²) in [6, 6.07) is 5.34. The molecule has 0 aromatic heterocycles. The van der Waals surface area contributed by atoms with E-state index in [-0.39, 0.29) is 5.75 Å². The number of thioether (sulfide) groups is 1. The highest BCUT2D eigenvalue weighted by atomic mass is 32.2. The first kappa shape index (κ1) is 11.6. The third kappa shape index (κ3) is 3.63. The molecule has 0 radical (unpaired) electrons. The summed E-state index contributed by atoms with van der Waals surface area (Å²) in [4.78, 5) is 0. The van der Waals surface area contributed by atoms with Crippen LogP contribution in [0.5, 0.6) is 5.75 Å². The Balaban J connectivity index is 2.84. The molecule has 0 spiro atoms. The Hall–Kier alpha value is -1.49. The van der Waals surface area contributed by atoms with E-state index in [4.69, 9.17) is 5.73 Å². The molecule has 0 unspecified atom stereocenters. The second kappa shape index (κ2) is 5.41. The van der Waals surface area contributed by atoms with E-state index < -0.39 is 0 Å². The molecule has 0 amide bonds. The van der Waals surface area contributed by atoms with Gasteiger partial charge in [-0.3, -0.25) is 0 Å². The fraction of sp³-hybridized carbons (Fsp3) is 0.200. The van der Waals surface area contributed by atoms with Gasteiger partial charge in [0.15, 0.2) is 0 Å². The molecule has 1 aromatic rings. The van der Waals surface area contributed by atoms with Gasteiger partial charge in [0.1, 0.15) is 5.75 Å². The van der Waals surface area contributed by atoms with E-state index in [2.05, 4.69) is 10.2 Å². The highest BCUT2D eigenvalue weighted by Crippen LogP contribution is 2.14. The molecule has 80 valence electrons. The van der Waals surface area contributed by atoms with Crippen LogP contribution >= 0.6 is 11.8 Å². The van der Waals surface area contributed by atoms with E-state index in [1.807, 2.05) is 25.3 Å². The molecule has 5 heteroatoms. The summed E-state index contributed by atoms with van der Waals surface area (Å²) >= 11 is 1.35. The van der Waals surface area contributed by atoms with Crippen molar-refractivity contribution in [2.45, 2.75) is 6.92 Å². The molecule has 0 aliphatic carbocycles. The van der Waals surface area contributed by atoms with Crippen LogP contribution in [0.15, 0.2) is 23.3 Å². The lowest BCUT2D eigenvalue weighted by Crippen LogP contribution is -2.62. The molecule has 1 rings (SSSR count). The summed E-state index contributed by atoms with van der Waals surface area (Å²) in [5.41, 5.74) is 7.23. The fourth-order valence-electron chi connectivity index (χ4n) is 1.00. The van der Waals surface area contributed by atoms with Gasteiger partial charge in [0.2, 0.25) is 11.4 Å². The number of phenolic OH excluding ortho intramolecular Hbond substituents is 1. The van der Waals surface area contributed by atoms with E-state index >= 15 is 0 Å². The first-order valence-electron chi connectivity index (χ1n) is 4.39. The van der Waals surface area contributed by atoms with Gasteiger partial charge in [0.05, 0.1) is 5.56 Å². The van der Waals surface area contributed by atoms with E-state index in [1.54, 1.807) is 12.3 Å². The van der Waals surface area contributed by atoms with Crippen molar-refractivity contribution in [2.75, 3.05) is 6.26 Å². The normalized spacial score (nSPS) is 12.3. The van der Waals surface area contributed by atoms with Gasteiger partial charge in [-0.05, 0) is 25.3 Å². The minimum atomic E-state index is 0.214. The number of aromatic hydroxyl groups is 1. The minimum Gasteiger partial charge on any atom is -0.507 e. The average Bonchev–Trinajstić information content (AvgIpc) is 2.23. The molecule has 0 bridgehead atoms. The lowest BCUT2D eigenvalue weighted by Gasteiger charge is -1.96. The Morgan fingerprint density at radius 1 is 1.60 bits per heavy atom. The van der Waals surface area contributed by atoms with Gasteiger partial charge in [0, 0.05) is 5.10 Å². The minimum absolute atomic E-state index is 0.214. The molecule has 0 aliphatic rings. The number of nitrogens with two attached hydrogens (primary N) is 1. The Morgan fingerprint density at radius 2 is 2.33 bits per heavy atom. The molecular formula is C10H14N3OS+. The van der Waals surface area contributed by atoms with Crippen molar-refractivity contribution in [1.29, 1.82) is 0 Å². The molecule has 0 saturated carbocycles. The van der Waals surface area contributed by atoms with Crippen LogP contribution in [-0.4, -0.2) is 22.7 Å². The maximum Gasteiger partial charge on any atom is 0.225 e. The van der Waals surface area contributed by atoms with E-state index in [9.17, 15) is 5.11 Å². The predicted molar refractivity (Wildman–Crippen MR) is 64.1 cm³/mol. The van der Waals surface area contributed by atoms with E-state index in [0.29, 0.717) is 10.7 Å². The van der Waals surface area contributed by atoms with Crippen LogP contribution in [-0.2, 0) is 0 Å². The second-order valence-electron chi connectivity index (χ2n) is 2.99. The zero-order valence-electron chi connectivity index (χ0n) is 8.69. The number of hydrogen-bond donors (Lipinski definition) is 3. The SMILES string of the molecule is CSC(N)=N[NH+]=Cc1cc(C)ccc1O. The number of aryl methyl sites for hydroxylation is 1. The predicted octanol–water partition coefficient (Wildman–Crippen LogP) is -0.207. The van der Waals surface area contributed by atoms with Crippen LogP contribution in [0.4, 0.5) is 0 Å². The van der Waals surface area contributed by atoms with Crippen molar-refractivity contribution in [3.05, 3.63) is 29.3 Å². The van der Waals surface area contributed by atoms with Crippen molar-refractivity contribution >= 4 is 23.1 Å². The lowest BCUT2D eigenvalue weighted by molar-refractivity contribution is -0.456. The second-order valence-corrected chi connectivity index (χ2v) is 3.82. The first-order valence-corrected chi connectivity index (χ1v) is 5.61. The summed E-state index contributed by atoms with van der Waals surface area (Å²) in [6.45, 7) is 1.95. The standard InChI is InChI=1S/C10H13N3OS/c1-7-3-4-9(14)8(5-7)6-12-13-10(11)15-2/h3-6,14H,1-2H3,(H2,11,13)/p+1. The molecule has 0 saturated heterocycles. The number of nitrogens with zero attached hydrogens (tertiary/aromatic N) is 1. The van der Waals surface area contributed by atoms with Crippen LogP contribution in [0.1, 0.15) is 11.1 Å². The number of nitrogens with one attached hydrogen (secondary N) is 1. The molecular weight excluding hydrogens is 210 g/mol. The fourth-order valence-corrected chi connectivity index (χ4v) is 1.14. The molecule has 4 nitrogen and oxygen atoms in total. The number of amidine groups is 1. The molecule has 0 aliphatic heterocycles. The van der Waals surface area contributed by atoms with Gasteiger partial charge < -0.3 is 10.8 Å². The monoisotopic (exact) mass is 224 g/mol. The number of phenols is 1. The third-order valence-corrected chi connectivity index (χ3v) is 2.30. The summed E-state index contributed by atoms with van der Waals surface area (Å²) in [7, 11) is 0. The number of hydrogen-bond acceptors (Lipinski definition) is 3. The molecule has 0 fully saturated rings. The van der Waals surface area contributed by atoms with Crippen LogP contribution in [0, 0.1) is 6.92 Å². The quantitative estimate of drug-likeness (QED) is 0.370. The first-order chi connectivity index (χ1) is 7.13. The average molecular weight is 224 g/mol. The zero-order chi connectivity index (χ0) is 11.3. The topological polar surface area (TPSA) is 72.6 Å². The van der Waals surface area contributed by atoms with E-state index in [0.717, 1.165) is 5.56 Å². The van der Waals surface area contributed by atoms with Crippen molar-refractivity contribution in [3.8, 4) is 5.75 Å². The molecule has 0 heterocycles. The van der Waals surface area contributed by atoms with Crippen LogP contribution in [0.2, 0.25) is 0 Å². The van der Waals surface area contributed by atoms with Gasteiger partial charge >= 0.3 is 0 Å². The van der Waals surface area contributed by atoms with Crippen molar-refractivity contribution in [3.63, 3.8) is 0 Å². The van der Waals surface area contributed by atoms with Crippen molar-refractivity contribution < 1.29 is 10.2 Å². The number of rotatable bonds is 2. The Morgan fingerprint density at radius 3 is 3.00 bits per heavy atom. The lowest BCUT2D eigenvalue weighted by atomic mass is 10.1.